The third kappa shape index (κ3) is 3.00. The Morgan fingerprint density at radius 1 is 1.32 bits per heavy atom. The number of carbonyl (C=O) groups is 2. The van der Waals surface area contributed by atoms with E-state index in [0.29, 0.717) is 24.4 Å². The van der Waals surface area contributed by atoms with Crippen LogP contribution in [-0.2, 0) is 16.0 Å². The SMILES string of the molecule is O=C(O)[C@@H]1CCN(C(=O)Cc2cc(-c3ccccc3)on2)C1. The largest absolute Gasteiger partial charge is 0.481 e. The van der Waals surface area contributed by atoms with Crippen LogP contribution in [0.5, 0.6) is 0 Å². The highest BCUT2D eigenvalue weighted by atomic mass is 16.5. The van der Waals surface area contributed by atoms with Crippen molar-refractivity contribution in [1.82, 2.24) is 10.1 Å². The van der Waals surface area contributed by atoms with Gasteiger partial charge in [-0.05, 0) is 6.42 Å². The molecule has 114 valence electrons. The van der Waals surface area contributed by atoms with Crippen LogP contribution in [0.25, 0.3) is 11.3 Å². The molecule has 2 aromatic rings. The molecule has 0 unspecified atom stereocenters. The number of nitrogens with zero attached hydrogens (tertiary/aromatic N) is 2. The predicted octanol–water partition coefficient (Wildman–Crippen LogP) is 1.82. The van der Waals surface area contributed by atoms with E-state index in [1.807, 2.05) is 30.3 Å². The molecular weight excluding hydrogens is 284 g/mol. The third-order valence-electron chi connectivity index (χ3n) is 3.84. The van der Waals surface area contributed by atoms with E-state index in [9.17, 15) is 9.59 Å². The monoisotopic (exact) mass is 300 g/mol. The Kier molecular flexibility index (Phi) is 3.91. The molecule has 1 N–H and O–H groups in total. The molecule has 0 bridgehead atoms. The average molecular weight is 300 g/mol. The Morgan fingerprint density at radius 3 is 2.77 bits per heavy atom. The van der Waals surface area contributed by atoms with Crippen LogP contribution in [0, 0.1) is 5.92 Å². The molecule has 1 aromatic carbocycles. The summed E-state index contributed by atoms with van der Waals surface area (Å²) in [5.41, 5.74) is 1.46. The fourth-order valence-electron chi connectivity index (χ4n) is 2.59. The summed E-state index contributed by atoms with van der Waals surface area (Å²) < 4.78 is 5.26. The van der Waals surface area contributed by atoms with E-state index in [4.69, 9.17) is 9.63 Å². The number of aromatic nitrogens is 1. The number of carboxylic acid groups (broad SMARTS) is 1. The molecule has 2 heterocycles. The van der Waals surface area contributed by atoms with Gasteiger partial charge in [0.05, 0.1) is 18.0 Å². The van der Waals surface area contributed by atoms with Crippen LogP contribution in [0.15, 0.2) is 40.9 Å². The Balaban J connectivity index is 1.63. The van der Waals surface area contributed by atoms with Gasteiger partial charge in [-0.2, -0.15) is 0 Å². The van der Waals surface area contributed by atoms with Crippen molar-refractivity contribution < 1.29 is 19.2 Å². The van der Waals surface area contributed by atoms with Crippen LogP contribution in [0.1, 0.15) is 12.1 Å². The second-order valence-corrected chi connectivity index (χ2v) is 5.39. The molecule has 3 rings (SSSR count). The minimum absolute atomic E-state index is 0.114. The highest BCUT2D eigenvalue weighted by Gasteiger charge is 2.31. The van der Waals surface area contributed by atoms with Crippen molar-refractivity contribution in [2.75, 3.05) is 13.1 Å². The molecule has 1 aliphatic heterocycles. The van der Waals surface area contributed by atoms with Crippen LogP contribution >= 0.6 is 0 Å². The van der Waals surface area contributed by atoms with Gasteiger partial charge in [0.15, 0.2) is 5.76 Å². The normalized spacial score (nSPS) is 17.6. The number of hydrogen-bond acceptors (Lipinski definition) is 4. The van der Waals surface area contributed by atoms with Crippen molar-refractivity contribution in [3.8, 4) is 11.3 Å². The molecule has 1 aromatic heterocycles. The number of likely N-dealkylation sites (tertiary alicyclic amines) is 1. The van der Waals surface area contributed by atoms with Crippen molar-refractivity contribution in [3.05, 3.63) is 42.1 Å². The Labute approximate surface area is 127 Å². The van der Waals surface area contributed by atoms with E-state index in [2.05, 4.69) is 5.16 Å². The van der Waals surface area contributed by atoms with Gasteiger partial charge in [-0.1, -0.05) is 35.5 Å². The number of carbonyl (C=O) groups excluding carboxylic acids is 1. The molecule has 0 spiro atoms. The van der Waals surface area contributed by atoms with Gasteiger partial charge in [-0.15, -0.1) is 0 Å². The maximum absolute atomic E-state index is 12.2. The van der Waals surface area contributed by atoms with Crippen LogP contribution in [0.2, 0.25) is 0 Å². The fraction of sp³-hybridized carbons (Fsp3) is 0.312. The summed E-state index contributed by atoms with van der Waals surface area (Å²) in [6.45, 7) is 0.761. The van der Waals surface area contributed by atoms with E-state index in [-0.39, 0.29) is 18.9 Å². The standard InChI is InChI=1S/C16H16N2O4/c19-15(18-7-6-12(10-18)16(20)21)9-13-8-14(22-17-13)11-4-2-1-3-5-11/h1-5,8,12H,6-7,9-10H2,(H,20,21)/t12-/m1/s1. The molecule has 6 heteroatoms. The van der Waals surface area contributed by atoms with Crippen LogP contribution < -0.4 is 0 Å². The Hall–Kier alpha value is -2.63. The third-order valence-corrected chi connectivity index (χ3v) is 3.84. The van der Waals surface area contributed by atoms with Gasteiger partial charge < -0.3 is 14.5 Å². The summed E-state index contributed by atoms with van der Waals surface area (Å²) in [4.78, 5) is 24.7. The van der Waals surface area contributed by atoms with Crippen LogP contribution in [-0.4, -0.2) is 40.1 Å². The number of hydrogen-bond donors (Lipinski definition) is 1. The summed E-state index contributed by atoms with van der Waals surface area (Å²) in [5, 5.41) is 12.9. The second kappa shape index (κ2) is 6.01. The van der Waals surface area contributed by atoms with Crippen molar-refractivity contribution >= 4 is 11.9 Å². The molecule has 1 saturated heterocycles. The van der Waals surface area contributed by atoms with Gasteiger partial charge in [-0.25, -0.2) is 0 Å². The van der Waals surface area contributed by atoms with Gasteiger partial charge in [0.2, 0.25) is 5.91 Å². The van der Waals surface area contributed by atoms with E-state index in [1.165, 1.54) is 0 Å². The summed E-state index contributed by atoms with van der Waals surface area (Å²) in [6, 6.07) is 11.3. The summed E-state index contributed by atoms with van der Waals surface area (Å²) in [5.74, 6) is -0.797. The van der Waals surface area contributed by atoms with Gasteiger partial charge in [0.25, 0.3) is 0 Å². The molecular formula is C16H16N2O4. The van der Waals surface area contributed by atoms with E-state index in [1.54, 1.807) is 11.0 Å². The van der Waals surface area contributed by atoms with Gasteiger partial charge in [0.1, 0.15) is 0 Å². The molecule has 1 amide bonds. The lowest BCUT2D eigenvalue weighted by Crippen LogP contribution is -2.31. The molecule has 1 aliphatic rings. The number of benzene rings is 1. The molecule has 6 nitrogen and oxygen atoms in total. The van der Waals surface area contributed by atoms with E-state index in [0.717, 1.165) is 5.56 Å². The lowest BCUT2D eigenvalue weighted by Gasteiger charge is -2.14. The first-order valence-corrected chi connectivity index (χ1v) is 7.15. The summed E-state index contributed by atoms with van der Waals surface area (Å²) in [7, 11) is 0. The van der Waals surface area contributed by atoms with Crippen LogP contribution in [0.4, 0.5) is 0 Å². The minimum Gasteiger partial charge on any atom is -0.481 e. The zero-order valence-electron chi connectivity index (χ0n) is 11.9. The maximum atomic E-state index is 12.2. The smallest absolute Gasteiger partial charge is 0.308 e. The highest BCUT2D eigenvalue weighted by Crippen LogP contribution is 2.21. The predicted molar refractivity (Wildman–Crippen MR) is 78.0 cm³/mol. The molecule has 1 atom stereocenters. The lowest BCUT2D eigenvalue weighted by molar-refractivity contribution is -0.141. The van der Waals surface area contributed by atoms with Gasteiger partial charge >= 0.3 is 5.97 Å². The second-order valence-electron chi connectivity index (χ2n) is 5.39. The first-order valence-electron chi connectivity index (χ1n) is 7.15. The van der Waals surface area contributed by atoms with E-state index < -0.39 is 11.9 Å². The van der Waals surface area contributed by atoms with Gasteiger partial charge in [0, 0.05) is 24.7 Å². The minimum atomic E-state index is -0.844. The van der Waals surface area contributed by atoms with Crippen molar-refractivity contribution in [2.24, 2.45) is 5.92 Å². The average Bonchev–Trinajstić information content (AvgIpc) is 3.17. The van der Waals surface area contributed by atoms with Gasteiger partial charge in [-0.3, -0.25) is 9.59 Å². The lowest BCUT2D eigenvalue weighted by atomic mass is 10.1. The first kappa shape index (κ1) is 14.3. The number of rotatable bonds is 4. The topological polar surface area (TPSA) is 83.6 Å². The van der Waals surface area contributed by atoms with Crippen molar-refractivity contribution in [2.45, 2.75) is 12.8 Å². The van der Waals surface area contributed by atoms with Crippen LogP contribution in [0.3, 0.4) is 0 Å². The molecule has 0 saturated carbocycles. The van der Waals surface area contributed by atoms with Crippen molar-refractivity contribution in [1.29, 1.82) is 0 Å². The zero-order chi connectivity index (χ0) is 15.5. The number of amides is 1. The molecule has 22 heavy (non-hydrogen) atoms. The number of carboxylic acids is 1. The highest BCUT2D eigenvalue weighted by molar-refractivity contribution is 5.80. The molecule has 0 radical (unpaired) electrons. The Morgan fingerprint density at radius 2 is 2.09 bits per heavy atom. The Bertz CT molecular complexity index is 680. The van der Waals surface area contributed by atoms with E-state index >= 15 is 0 Å². The summed E-state index contributed by atoms with van der Waals surface area (Å²) >= 11 is 0. The summed E-state index contributed by atoms with van der Waals surface area (Å²) in [6.07, 6.45) is 0.637. The first-order chi connectivity index (χ1) is 10.6. The molecule has 1 fully saturated rings. The fourth-order valence-corrected chi connectivity index (χ4v) is 2.59. The number of aliphatic carboxylic acids is 1. The maximum Gasteiger partial charge on any atom is 0.308 e. The zero-order valence-corrected chi connectivity index (χ0v) is 11.9. The molecule has 0 aliphatic carbocycles. The van der Waals surface area contributed by atoms with Crippen molar-refractivity contribution in [3.63, 3.8) is 0 Å². The quantitative estimate of drug-likeness (QED) is 0.931.